The quantitative estimate of drug-likeness (QED) is 0.788. The Hall–Kier alpha value is -2.89. The van der Waals surface area contributed by atoms with Gasteiger partial charge in [-0.3, -0.25) is 9.59 Å². The van der Waals surface area contributed by atoms with E-state index < -0.39 is 11.9 Å². The molecule has 0 bridgehead atoms. The third kappa shape index (κ3) is 5.31. The number of para-hydroxylation sites is 1. The van der Waals surface area contributed by atoms with Crippen molar-refractivity contribution in [1.82, 2.24) is 10.2 Å². The van der Waals surface area contributed by atoms with E-state index in [1.807, 2.05) is 30.3 Å². The first-order valence-corrected chi connectivity index (χ1v) is 8.45. The lowest BCUT2D eigenvalue weighted by molar-refractivity contribution is -0.141. The summed E-state index contributed by atoms with van der Waals surface area (Å²) in [5.41, 5.74) is 1.06. The second kappa shape index (κ2) is 9.56. The number of likely N-dealkylation sites (N-methyl/N-ethyl adjacent to an activating group) is 1. The Morgan fingerprint density at radius 1 is 1.12 bits per heavy atom. The Bertz CT molecular complexity index is 737. The molecule has 2 aromatic carbocycles. The van der Waals surface area contributed by atoms with Gasteiger partial charge in [0.25, 0.3) is 5.91 Å². The molecule has 0 radical (unpaired) electrons. The van der Waals surface area contributed by atoms with Crippen molar-refractivity contribution in [2.24, 2.45) is 0 Å². The summed E-state index contributed by atoms with van der Waals surface area (Å²) in [5.74, 6) is -1.16. The van der Waals surface area contributed by atoms with Gasteiger partial charge in [0, 0.05) is 13.6 Å². The molecule has 1 atom stereocenters. The maximum Gasteiger partial charge on any atom is 0.261 e. The van der Waals surface area contributed by atoms with Crippen molar-refractivity contribution < 1.29 is 18.7 Å². The molecule has 2 amide bonds. The minimum Gasteiger partial charge on any atom is -0.481 e. The van der Waals surface area contributed by atoms with Gasteiger partial charge in [0.1, 0.15) is 6.04 Å². The summed E-state index contributed by atoms with van der Waals surface area (Å²) in [5, 5.41) is 2.55. The number of hydrogen-bond acceptors (Lipinski definition) is 3. The summed E-state index contributed by atoms with van der Waals surface area (Å²) < 4.78 is 18.9. The summed E-state index contributed by atoms with van der Waals surface area (Å²) in [6, 6.07) is 14.9. The second-order valence-electron chi connectivity index (χ2n) is 5.83. The predicted molar refractivity (Wildman–Crippen MR) is 97.3 cm³/mol. The van der Waals surface area contributed by atoms with Crippen LogP contribution < -0.4 is 10.1 Å². The highest BCUT2D eigenvalue weighted by Crippen LogP contribution is 2.15. The van der Waals surface area contributed by atoms with Crippen LogP contribution in [0.1, 0.15) is 12.5 Å². The number of hydrogen-bond donors (Lipinski definition) is 1. The van der Waals surface area contributed by atoms with Crippen LogP contribution in [0, 0.1) is 5.82 Å². The predicted octanol–water partition coefficient (Wildman–Crippen LogP) is 2.41. The van der Waals surface area contributed by atoms with Crippen molar-refractivity contribution in [2.75, 3.05) is 20.2 Å². The molecule has 2 rings (SSSR count). The van der Waals surface area contributed by atoms with Gasteiger partial charge in [-0.15, -0.1) is 0 Å². The fraction of sp³-hybridized carbons (Fsp3) is 0.300. The van der Waals surface area contributed by atoms with Crippen LogP contribution in [-0.2, 0) is 16.0 Å². The topological polar surface area (TPSA) is 58.6 Å². The molecule has 0 aliphatic carbocycles. The van der Waals surface area contributed by atoms with Gasteiger partial charge < -0.3 is 15.0 Å². The number of carbonyl (C=O) groups excluding carboxylic acids is 2. The number of ether oxygens (including phenoxy) is 1. The van der Waals surface area contributed by atoms with Crippen molar-refractivity contribution in [1.29, 1.82) is 0 Å². The van der Waals surface area contributed by atoms with E-state index in [1.54, 1.807) is 19.1 Å². The van der Waals surface area contributed by atoms with E-state index in [0.29, 0.717) is 13.0 Å². The van der Waals surface area contributed by atoms with Crippen LogP contribution in [-0.4, -0.2) is 43.0 Å². The maximum atomic E-state index is 13.6. The number of carbonyl (C=O) groups is 2. The second-order valence-corrected chi connectivity index (χ2v) is 5.83. The van der Waals surface area contributed by atoms with E-state index in [-0.39, 0.29) is 24.2 Å². The Balaban J connectivity index is 2.05. The molecule has 0 heterocycles. The van der Waals surface area contributed by atoms with E-state index in [2.05, 4.69) is 5.32 Å². The highest BCUT2D eigenvalue weighted by Gasteiger charge is 2.25. The summed E-state index contributed by atoms with van der Waals surface area (Å²) in [4.78, 5) is 26.1. The zero-order chi connectivity index (χ0) is 18.9. The van der Waals surface area contributed by atoms with Gasteiger partial charge in [-0.1, -0.05) is 42.5 Å². The summed E-state index contributed by atoms with van der Waals surface area (Å²) in [6.07, 6.45) is 0.605. The molecule has 0 fully saturated rings. The highest BCUT2D eigenvalue weighted by molar-refractivity contribution is 5.87. The third-order valence-corrected chi connectivity index (χ3v) is 4.09. The molecule has 0 spiro atoms. The van der Waals surface area contributed by atoms with Crippen molar-refractivity contribution in [2.45, 2.75) is 19.4 Å². The largest absolute Gasteiger partial charge is 0.481 e. The van der Waals surface area contributed by atoms with Crippen LogP contribution in [0.3, 0.4) is 0 Å². The van der Waals surface area contributed by atoms with Gasteiger partial charge in [-0.05, 0) is 31.0 Å². The van der Waals surface area contributed by atoms with E-state index in [9.17, 15) is 14.0 Å². The zero-order valence-electron chi connectivity index (χ0n) is 14.9. The van der Waals surface area contributed by atoms with Crippen molar-refractivity contribution in [3.8, 4) is 5.75 Å². The first kappa shape index (κ1) is 19.4. The molecular weight excluding hydrogens is 335 g/mol. The molecule has 26 heavy (non-hydrogen) atoms. The minimum atomic E-state index is -0.652. The van der Waals surface area contributed by atoms with Gasteiger partial charge >= 0.3 is 0 Å². The SMILES string of the molecule is CNC(=O)[C@@H](C)N(CCc1ccccc1)C(=O)COc1ccccc1F. The molecule has 0 aromatic heterocycles. The molecule has 138 valence electrons. The molecule has 1 N–H and O–H groups in total. The maximum absolute atomic E-state index is 13.6. The molecule has 0 saturated carbocycles. The van der Waals surface area contributed by atoms with Crippen LogP contribution in [0.4, 0.5) is 4.39 Å². The Morgan fingerprint density at radius 2 is 1.77 bits per heavy atom. The molecule has 0 aliphatic heterocycles. The van der Waals surface area contributed by atoms with Crippen LogP contribution in [0.5, 0.6) is 5.75 Å². The van der Waals surface area contributed by atoms with E-state index >= 15 is 0 Å². The van der Waals surface area contributed by atoms with Gasteiger partial charge in [-0.25, -0.2) is 4.39 Å². The number of benzene rings is 2. The van der Waals surface area contributed by atoms with Crippen LogP contribution in [0.15, 0.2) is 54.6 Å². The third-order valence-electron chi connectivity index (χ3n) is 4.09. The Morgan fingerprint density at radius 3 is 2.42 bits per heavy atom. The number of halogens is 1. The van der Waals surface area contributed by atoms with Gasteiger partial charge in [0.15, 0.2) is 18.2 Å². The number of nitrogens with zero attached hydrogens (tertiary/aromatic N) is 1. The standard InChI is InChI=1S/C20H23FN2O3/c1-15(20(25)22-2)23(13-12-16-8-4-3-5-9-16)19(24)14-26-18-11-7-6-10-17(18)21/h3-11,15H,12-14H2,1-2H3,(H,22,25)/t15-/m1/s1. The molecule has 0 saturated heterocycles. The zero-order valence-corrected chi connectivity index (χ0v) is 14.9. The van der Waals surface area contributed by atoms with E-state index in [0.717, 1.165) is 5.56 Å². The van der Waals surface area contributed by atoms with Crippen LogP contribution >= 0.6 is 0 Å². The fourth-order valence-electron chi connectivity index (χ4n) is 2.56. The lowest BCUT2D eigenvalue weighted by Gasteiger charge is -2.28. The normalized spacial score (nSPS) is 11.5. The smallest absolute Gasteiger partial charge is 0.261 e. The van der Waals surface area contributed by atoms with E-state index in [1.165, 1.54) is 24.1 Å². The summed E-state index contributed by atoms with van der Waals surface area (Å²) >= 11 is 0. The Kier molecular flexibility index (Phi) is 7.14. The molecule has 5 nitrogen and oxygen atoms in total. The Labute approximate surface area is 152 Å². The average molecular weight is 358 g/mol. The highest BCUT2D eigenvalue weighted by atomic mass is 19.1. The number of rotatable bonds is 8. The molecule has 0 aliphatic rings. The average Bonchev–Trinajstić information content (AvgIpc) is 2.67. The monoisotopic (exact) mass is 358 g/mol. The van der Waals surface area contributed by atoms with Gasteiger partial charge in [0.05, 0.1) is 0 Å². The molecule has 6 heteroatoms. The van der Waals surface area contributed by atoms with Gasteiger partial charge in [0.2, 0.25) is 5.91 Å². The lowest BCUT2D eigenvalue weighted by atomic mass is 10.1. The summed E-state index contributed by atoms with van der Waals surface area (Å²) in [7, 11) is 1.52. The van der Waals surface area contributed by atoms with Crippen LogP contribution in [0.25, 0.3) is 0 Å². The van der Waals surface area contributed by atoms with Crippen molar-refractivity contribution in [3.63, 3.8) is 0 Å². The fourth-order valence-corrected chi connectivity index (χ4v) is 2.56. The minimum absolute atomic E-state index is 0.0106. The molecule has 2 aromatic rings. The summed E-state index contributed by atoms with van der Waals surface area (Å²) in [6.45, 7) is 1.68. The van der Waals surface area contributed by atoms with Crippen molar-refractivity contribution in [3.05, 3.63) is 66.0 Å². The molecular formula is C20H23FN2O3. The van der Waals surface area contributed by atoms with Crippen molar-refractivity contribution >= 4 is 11.8 Å². The first-order chi connectivity index (χ1) is 12.5. The van der Waals surface area contributed by atoms with Gasteiger partial charge in [-0.2, -0.15) is 0 Å². The number of nitrogens with one attached hydrogen (secondary N) is 1. The molecule has 0 unspecified atom stereocenters. The first-order valence-electron chi connectivity index (χ1n) is 8.45. The lowest BCUT2D eigenvalue weighted by Crippen LogP contribution is -2.49. The van der Waals surface area contributed by atoms with E-state index in [4.69, 9.17) is 4.74 Å². The number of amides is 2. The van der Waals surface area contributed by atoms with Crippen LogP contribution in [0.2, 0.25) is 0 Å².